The Kier molecular flexibility index (Phi) is 5.45. The predicted octanol–water partition coefficient (Wildman–Crippen LogP) is 4.68. The lowest BCUT2D eigenvalue weighted by molar-refractivity contribution is 0.109. The molecule has 0 aliphatic heterocycles. The van der Waals surface area contributed by atoms with Crippen LogP contribution >= 0.6 is 0 Å². The van der Waals surface area contributed by atoms with Crippen LogP contribution in [0, 0.1) is 5.92 Å². The molecule has 0 amide bonds. The summed E-state index contributed by atoms with van der Waals surface area (Å²) in [4.78, 5) is 0. The first-order chi connectivity index (χ1) is 9.26. The van der Waals surface area contributed by atoms with Gasteiger partial charge in [0.2, 0.25) is 0 Å². The topological polar surface area (TPSA) is 20.2 Å². The average Bonchev–Trinajstić information content (AvgIpc) is 2.87. The van der Waals surface area contributed by atoms with Crippen molar-refractivity contribution in [1.29, 1.82) is 0 Å². The Labute approximate surface area is 118 Å². The van der Waals surface area contributed by atoms with Crippen molar-refractivity contribution in [2.24, 2.45) is 5.92 Å². The lowest BCUT2D eigenvalue weighted by atomic mass is 9.86. The number of hydrogen-bond acceptors (Lipinski definition) is 1. The lowest BCUT2D eigenvalue weighted by Gasteiger charge is -2.24. The second-order valence-corrected chi connectivity index (χ2v) is 6.06. The Morgan fingerprint density at radius 3 is 2.79 bits per heavy atom. The molecule has 19 heavy (non-hydrogen) atoms. The van der Waals surface area contributed by atoms with Crippen molar-refractivity contribution in [2.75, 3.05) is 0 Å². The first-order valence-corrected chi connectivity index (χ1v) is 8.02. The van der Waals surface area contributed by atoms with Crippen molar-refractivity contribution >= 4 is 0 Å². The molecule has 0 radical (unpaired) electrons. The molecule has 1 aromatic rings. The highest BCUT2D eigenvalue weighted by Crippen LogP contribution is 2.37. The predicted molar refractivity (Wildman–Crippen MR) is 81.4 cm³/mol. The van der Waals surface area contributed by atoms with Crippen LogP contribution in [0.4, 0.5) is 0 Å². The second-order valence-electron chi connectivity index (χ2n) is 6.06. The quantitative estimate of drug-likeness (QED) is 0.754. The maximum atomic E-state index is 10.6. The van der Waals surface area contributed by atoms with Crippen molar-refractivity contribution in [2.45, 2.75) is 70.8 Å². The van der Waals surface area contributed by atoms with Crippen LogP contribution in [0.15, 0.2) is 24.3 Å². The molecule has 1 aliphatic carbocycles. The summed E-state index contributed by atoms with van der Waals surface area (Å²) in [5.74, 6) is 1.08. The van der Waals surface area contributed by atoms with Gasteiger partial charge in [0.25, 0.3) is 0 Å². The monoisotopic (exact) mass is 260 g/mol. The molecule has 106 valence electrons. The highest BCUT2D eigenvalue weighted by atomic mass is 16.3. The normalized spacial score (nSPS) is 21.1. The summed E-state index contributed by atoms with van der Waals surface area (Å²) >= 11 is 0. The third-order valence-corrected chi connectivity index (χ3v) is 4.76. The van der Waals surface area contributed by atoms with E-state index in [2.05, 4.69) is 38.1 Å². The molecule has 1 N–H and O–H groups in total. The third kappa shape index (κ3) is 3.60. The number of aliphatic hydroxyl groups excluding tert-OH is 1. The number of benzene rings is 1. The van der Waals surface area contributed by atoms with Gasteiger partial charge in [-0.05, 0) is 36.3 Å². The number of unbranched alkanes of at least 4 members (excludes halogenated alkanes) is 1. The molecule has 0 aromatic heterocycles. The highest BCUT2D eigenvalue weighted by molar-refractivity contribution is 5.35. The van der Waals surface area contributed by atoms with Gasteiger partial charge in [-0.25, -0.2) is 0 Å². The van der Waals surface area contributed by atoms with Gasteiger partial charge in [-0.15, -0.1) is 0 Å². The zero-order valence-electron chi connectivity index (χ0n) is 12.4. The van der Waals surface area contributed by atoms with E-state index in [0.717, 1.165) is 19.3 Å². The van der Waals surface area contributed by atoms with Crippen molar-refractivity contribution < 1.29 is 5.11 Å². The number of hydrogen-bond donors (Lipinski definition) is 1. The molecule has 0 bridgehead atoms. The SMILES string of the molecule is CCCCC(CC)CC(O)C1CCc2ccccc21. The van der Waals surface area contributed by atoms with Crippen LogP contribution in [-0.4, -0.2) is 11.2 Å². The summed E-state index contributed by atoms with van der Waals surface area (Å²) in [7, 11) is 0. The first kappa shape index (κ1) is 14.6. The van der Waals surface area contributed by atoms with Crippen LogP contribution in [-0.2, 0) is 6.42 Å². The van der Waals surface area contributed by atoms with Crippen molar-refractivity contribution in [1.82, 2.24) is 0 Å². The van der Waals surface area contributed by atoms with E-state index in [1.165, 1.54) is 36.8 Å². The van der Waals surface area contributed by atoms with Gasteiger partial charge in [-0.1, -0.05) is 63.8 Å². The summed E-state index contributed by atoms with van der Waals surface area (Å²) in [6.07, 6.45) is 8.14. The van der Waals surface area contributed by atoms with E-state index in [-0.39, 0.29) is 6.10 Å². The Hall–Kier alpha value is -0.820. The van der Waals surface area contributed by atoms with Gasteiger partial charge in [0.1, 0.15) is 0 Å². The molecular weight excluding hydrogens is 232 g/mol. The van der Waals surface area contributed by atoms with Gasteiger partial charge in [-0.2, -0.15) is 0 Å². The van der Waals surface area contributed by atoms with Crippen LogP contribution in [0.5, 0.6) is 0 Å². The van der Waals surface area contributed by atoms with E-state index < -0.39 is 0 Å². The van der Waals surface area contributed by atoms with Crippen molar-refractivity contribution in [3.63, 3.8) is 0 Å². The number of fused-ring (bicyclic) bond motifs is 1. The van der Waals surface area contributed by atoms with Gasteiger partial charge < -0.3 is 5.11 Å². The fourth-order valence-corrected chi connectivity index (χ4v) is 3.48. The fraction of sp³-hybridized carbons (Fsp3) is 0.667. The van der Waals surface area contributed by atoms with E-state index in [4.69, 9.17) is 0 Å². The molecule has 0 heterocycles. The Bertz CT molecular complexity index is 385. The Morgan fingerprint density at radius 1 is 1.26 bits per heavy atom. The van der Waals surface area contributed by atoms with E-state index in [9.17, 15) is 5.11 Å². The highest BCUT2D eigenvalue weighted by Gasteiger charge is 2.29. The molecule has 2 rings (SSSR count). The van der Waals surface area contributed by atoms with Crippen molar-refractivity contribution in [3.8, 4) is 0 Å². The van der Waals surface area contributed by atoms with Crippen LogP contribution < -0.4 is 0 Å². The Balaban J connectivity index is 1.95. The molecule has 0 spiro atoms. The minimum Gasteiger partial charge on any atom is -0.392 e. The van der Waals surface area contributed by atoms with Crippen molar-refractivity contribution in [3.05, 3.63) is 35.4 Å². The summed E-state index contributed by atoms with van der Waals surface area (Å²) in [5, 5.41) is 10.6. The number of rotatable bonds is 7. The molecule has 1 aromatic carbocycles. The van der Waals surface area contributed by atoms with Gasteiger partial charge in [0.15, 0.2) is 0 Å². The van der Waals surface area contributed by atoms with E-state index >= 15 is 0 Å². The smallest absolute Gasteiger partial charge is 0.0611 e. The summed E-state index contributed by atoms with van der Waals surface area (Å²) < 4.78 is 0. The molecule has 0 saturated heterocycles. The molecule has 1 nitrogen and oxygen atoms in total. The summed E-state index contributed by atoms with van der Waals surface area (Å²) in [5.41, 5.74) is 2.86. The number of aryl methyl sites for hydroxylation is 1. The minimum atomic E-state index is -0.148. The second kappa shape index (κ2) is 7.09. The van der Waals surface area contributed by atoms with E-state index in [1.807, 2.05) is 0 Å². The molecule has 3 unspecified atom stereocenters. The van der Waals surface area contributed by atoms with Gasteiger partial charge in [-0.3, -0.25) is 0 Å². The zero-order valence-corrected chi connectivity index (χ0v) is 12.4. The van der Waals surface area contributed by atoms with Crippen LogP contribution in [0.3, 0.4) is 0 Å². The van der Waals surface area contributed by atoms with Crippen LogP contribution in [0.25, 0.3) is 0 Å². The number of aliphatic hydroxyl groups is 1. The van der Waals surface area contributed by atoms with Gasteiger partial charge in [0.05, 0.1) is 6.10 Å². The minimum absolute atomic E-state index is 0.148. The Morgan fingerprint density at radius 2 is 2.05 bits per heavy atom. The maximum Gasteiger partial charge on any atom is 0.0611 e. The van der Waals surface area contributed by atoms with E-state index in [0.29, 0.717) is 11.8 Å². The van der Waals surface area contributed by atoms with Gasteiger partial charge in [0, 0.05) is 5.92 Å². The average molecular weight is 260 g/mol. The third-order valence-electron chi connectivity index (χ3n) is 4.76. The zero-order chi connectivity index (χ0) is 13.7. The molecule has 0 fully saturated rings. The lowest BCUT2D eigenvalue weighted by Crippen LogP contribution is -2.20. The molecular formula is C18H28O. The van der Waals surface area contributed by atoms with Crippen LogP contribution in [0.2, 0.25) is 0 Å². The first-order valence-electron chi connectivity index (χ1n) is 8.02. The fourth-order valence-electron chi connectivity index (χ4n) is 3.48. The standard InChI is InChI=1S/C18H28O/c1-3-5-8-14(4-2)13-18(19)17-12-11-15-9-6-7-10-16(15)17/h6-7,9-10,14,17-19H,3-5,8,11-13H2,1-2H3. The summed E-state index contributed by atoms with van der Waals surface area (Å²) in [6.45, 7) is 4.51. The van der Waals surface area contributed by atoms with Crippen LogP contribution in [0.1, 0.15) is 69.4 Å². The molecule has 1 aliphatic rings. The van der Waals surface area contributed by atoms with E-state index in [1.54, 1.807) is 0 Å². The molecule has 0 saturated carbocycles. The largest absolute Gasteiger partial charge is 0.392 e. The molecule has 1 heteroatoms. The summed E-state index contributed by atoms with van der Waals surface area (Å²) in [6, 6.07) is 8.65. The van der Waals surface area contributed by atoms with Gasteiger partial charge >= 0.3 is 0 Å². The maximum absolute atomic E-state index is 10.6. The molecule has 3 atom stereocenters.